The van der Waals surface area contributed by atoms with Crippen molar-refractivity contribution in [1.82, 2.24) is 14.8 Å². The molecule has 4 aromatic rings. The zero-order valence-electron chi connectivity index (χ0n) is 20.3. The molecule has 2 heterocycles. The molecule has 0 radical (unpaired) electrons. The van der Waals surface area contributed by atoms with Crippen LogP contribution in [0.4, 0.5) is 0 Å². The quantitative estimate of drug-likeness (QED) is 0.345. The van der Waals surface area contributed by atoms with Crippen LogP contribution in [0, 0.1) is 0 Å². The van der Waals surface area contributed by atoms with E-state index < -0.39 is 0 Å². The Morgan fingerprint density at radius 3 is 2.03 bits per heavy atom. The zero-order valence-corrected chi connectivity index (χ0v) is 20.3. The molecule has 1 aliphatic rings. The van der Waals surface area contributed by atoms with Gasteiger partial charge in [0.05, 0.1) is 11.6 Å². The lowest BCUT2D eigenvalue weighted by Gasteiger charge is -2.40. The van der Waals surface area contributed by atoms with Crippen LogP contribution in [0.3, 0.4) is 0 Å². The SMILES string of the molecule is COC(COc1ccc2ccccc2n1)CN1CCN(C(c2ccccc2)c2ccccc2)CC1. The third kappa shape index (κ3) is 5.88. The number of methoxy groups -OCH3 is 1. The zero-order chi connectivity index (χ0) is 23.9. The maximum atomic E-state index is 6.01. The molecule has 1 atom stereocenters. The van der Waals surface area contributed by atoms with Crippen LogP contribution in [-0.2, 0) is 4.74 Å². The molecule has 1 aliphatic heterocycles. The van der Waals surface area contributed by atoms with Crippen molar-refractivity contribution >= 4 is 10.9 Å². The molecule has 35 heavy (non-hydrogen) atoms. The number of fused-ring (bicyclic) bond motifs is 1. The van der Waals surface area contributed by atoms with Crippen LogP contribution >= 0.6 is 0 Å². The number of ether oxygens (including phenoxy) is 2. The van der Waals surface area contributed by atoms with Crippen LogP contribution in [0.15, 0.2) is 97.1 Å². The van der Waals surface area contributed by atoms with Gasteiger partial charge >= 0.3 is 0 Å². The molecule has 5 rings (SSSR count). The largest absolute Gasteiger partial charge is 0.475 e. The molecule has 1 fully saturated rings. The monoisotopic (exact) mass is 467 g/mol. The third-order valence-electron chi connectivity index (χ3n) is 6.79. The Morgan fingerprint density at radius 2 is 1.37 bits per heavy atom. The van der Waals surface area contributed by atoms with Gasteiger partial charge in [-0.25, -0.2) is 4.98 Å². The molecule has 180 valence electrons. The third-order valence-corrected chi connectivity index (χ3v) is 6.79. The van der Waals surface area contributed by atoms with E-state index in [4.69, 9.17) is 9.47 Å². The number of nitrogens with zero attached hydrogens (tertiary/aromatic N) is 3. The summed E-state index contributed by atoms with van der Waals surface area (Å²) in [7, 11) is 1.76. The standard InChI is InChI=1S/C30H33N3O2/c1-34-27(23-35-29-17-16-24-10-8-9-15-28(24)31-29)22-32-18-20-33(21-19-32)30(25-11-4-2-5-12-25)26-13-6-3-7-14-26/h2-17,27,30H,18-23H2,1H3. The number of hydrogen-bond donors (Lipinski definition) is 0. The number of rotatable bonds is 9. The van der Waals surface area contributed by atoms with E-state index in [2.05, 4.69) is 87.6 Å². The van der Waals surface area contributed by atoms with Crippen molar-refractivity contribution in [3.63, 3.8) is 0 Å². The van der Waals surface area contributed by atoms with Crippen molar-refractivity contribution < 1.29 is 9.47 Å². The van der Waals surface area contributed by atoms with Crippen LogP contribution in [-0.4, -0.2) is 67.3 Å². The highest BCUT2D eigenvalue weighted by Gasteiger charge is 2.27. The minimum Gasteiger partial charge on any atom is -0.475 e. The fraction of sp³-hybridized carbons (Fsp3) is 0.300. The fourth-order valence-corrected chi connectivity index (χ4v) is 4.88. The Kier molecular flexibility index (Phi) is 7.69. The molecular formula is C30H33N3O2. The second-order valence-corrected chi connectivity index (χ2v) is 9.07. The molecule has 0 saturated carbocycles. The predicted molar refractivity (Wildman–Crippen MR) is 141 cm³/mol. The van der Waals surface area contributed by atoms with E-state index in [1.807, 2.05) is 24.3 Å². The first-order valence-corrected chi connectivity index (χ1v) is 12.4. The topological polar surface area (TPSA) is 37.8 Å². The fourth-order valence-electron chi connectivity index (χ4n) is 4.88. The molecule has 0 spiro atoms. The van der Waals surface area contributed by atoms with Gasteiger partial charge in [-0.3, -0.25) is 9.80 Å². The van der Waals surface area contributed by atoms with Crippen molar-refractivity contribution in [2.45, 2.75) is 12.1 Å². The predicted octanol–water partition coefficient (Wildman–Crippen LogP) is 5.04. The second kappa shape index (κ2) is 11.5. The van der Waals surface area contributed by atoms with Gasteiger partial charge in [-0.05, 0) is 23.3 Å². The summed E-state index contributed by atoms with van der Waals surface area (Å²) in [5.74, 6) is 0.643. The van der Waals surface area contributed by atoms with Crippen LogP contribution in [0.5, 0.6) is 5.88 Å². The molecule has 0 bridgehead atoms. The van der Waals surface area contributed by atoms with Crippen molar-refractivity contribution in [1.29, 1.82) is 0 Å². The Morgan fingerprint density at radius 1 is 0.743 bits per heavy atom. The summed E-state index contributed by atoms with van der Waals surface area (Å²) in [6.45, 7) is 5.36. The number of piperazine rings is 1. The maximum Gasteiger partial charge on any atom is 0.213 e. The molecule has 3 aromatic carbocycles. The Hall–Kier alpha value is -3.25. The molecule has 5 heteroatoms. The van der Waals surface area contributed by atoms with Gasteiger partial charge in [0.15, 0.2) is 0 Å². The Bertz CT molecular complexity index is 1150. The van der Waals surface area contributed by atoms with Crippen molar-refractivity contribution in [2.24, 2.45) is 0 Å². The van der Waals surface area contributed by atoms with Crippen molar-refractivity contribution in [3.05, 3.63) is 108 Å². The van der Waals surface area contributed by atoms with E-state index in [0.29, 0.717) is 12.5 Å². The van der Waals surface area contributed by atoms with Crippen LogP contribution < -0.4 is 4.74 Å². The average Bonchev–Trinajstić information content (AvgIpc) is 2.93. The second-order valence-electron chi connectivity index (χ2n) is 9.07. The smallest absolute Gasteiger partial charge is 0.213 e. The normalized spacial score (nSPS) is 15.9. The first kappa shape index (κ1) is 23.5. The molecule has 1 aromatic heterocycles. The summed E-state index contributed by atoms with van der Waals surface area (Å²) < 4.78 is 11.8. The lowest BCUT2D eigenvalue weighted by Crippen LogP contribution is -2.50. The molecular weight excluding hydrogens is 434 g/mol. The van der Waals surface area contributed by atoms with Gasteiger partial charge in [0.25, 0.3) is 0 Å². The Balaban J connectivity index is 1.18. The van der Waals surface area contributed by atoms with Crippen molar-refractivity contribution in [3.8, 4) is 5.88 Å². The highest BCUT2D eigenvalue weighted by Crippen LogP contribution is 2.29. The van der Waals surface area contributed by atoms with Crippen LogP contribution in [0.25, 0.3) is 10.9 Å². The summed E-state index contributed by atoms with van der Waals surface area (Å²) in [5, 5.41) is 1.12. The summed E-state index contributed by atoms with van der Waals surface area (Å²) in [4.78, 5) is 9.69. The summed E-state index contributed by atoms with van der Waals surface area (Å²) >= 11 is 0. The molecule has 1 unspecified atom stereocenters. The summed E-state index contributed by atoms with van der Waals surface area (Å²) in [6.07, 6.45) is -0.00568. The van der Waals surface area contributed by atoms with E-state index >= 15 is 0 Å². The molecule has 0 amide bonds. The molecule has 1 saturated heterocycles. The number of aromatic nitrogens is 1. The molecule has 0 aliphatic carbocycles. The Labute approximate surface area is 207 Å². The molecule has 5 nitrogen and oxygen atoms in total. The van der Waals surface area contributed by atoms with Gasteiger partial charge < -0.3 is 9.47 Å². The molecule has 0 N–H and O–H groups in total. The van der Waals surface area contributed by atoms with Gasteiger partial charge in [-0.1, -0.05) is 78.9 Å². The highest BCUT2D eigenvalue weighted by atomic mass is 16.5. The highest BCUT2D eigenvalue weighted by molar-refractivity contribution is 5.78. The van der Waals surface area contributed by atoms with E-state index in [9.17, 15) is 0 Å². The van der Waals surface area contributed by atoms with E-state index in [1.165, 1.54) is 11.1 Å². The van der Waals surface area contributed by atoms with Crippen molar-refractivity contribution in [2.75, 3.05) is 46.4 Å². The van der Waals surface area contributed by atoms with Gasteiger partial charge in [0, 0.05) is 51.3 Å². The van der Waals surface area contributed by atoms with Gasteiger partial charge in [-0.15, -0.1) is 0 Å². The van der Waals surface area contributed by atoms with Crippen LogP contribution in [0.1, 0.15) is 17.2 Å². The number of para-hydroxylation sites is 1. The minimum atomic E-state index is -0.00568. The maximum absolute atomic E-state index is 6.01. The average molecular weight is 468 g/mol. The minimum absolute atomic E-state index is 0.00568. The van der Waals surface area contributed by atoms with Gasteiger partial charge in [0.1, 0.15) is 12.7 Å². The first-order chi connectivity index (χ1) is 17.3. The summed E-state index contributed by atoms with van der Waals surface area (Å²) in [6, 6.07) is 34.0. The van der Waals surface area contributed by atoms with E-state index in [0.717, 1.165) is 43.6 Å². The number of hydrogen-bond acceptors (Lipinski definition) is 5. The van der Waals surface area contributed by atoms with Crippen LogP contribution in [0.2, 0.25) is 0 Å². The first-order valence-electron chi connectivity index (χ1n) is 12.4. The summed E-state index contributed by atoms with van der Waals surface area (Å²) in [5.41, 5.74) is 3.64. The van der Waals surface area contributed by atoms with E-state index in [-0.39, 0.29) is 12.1 Å². The van der Waals surface area contributed by atoms with Gasteiger partial charge in [0.2, 0.25) is 5.88 Å². The lowest BCUT2D eigenvalue weighted by atomic mass is 9.96. The number of pyridine rings is 1. The lowest BCUT2D eigenvalue weighted by molar-refractivity contribution is 0.0119. The van der Waals surface area contributed by atoms with E-state index in [1.54, 1.807) is 7.11 Å². The number of benzene rings is 3. The van der Waals surface area contributed by atoms with Gasteiger partial charge in [-0.2, -0.15) is 0 Å².